The van der Waals surface area contributed by atoms with Gasteiger partial charge in [0.25, 0.3) is 0 Å². The first kappa shape index (κ1) is 19.3. The van der Waals surface area contributed by atoms with Crippen molar-refractivity contribution in [3.63, 3.8) is 0 Å². The third kappa shape index (κ3) is 3.45. The zero-order chi connectivity index (χ0) is 21.5. The number of para-hydroxylation sites is 1. The summed E-state index contributed by atoms with van der Waals surface area (Å²) in [5.74, 6) is 1.56. The number of carbonyl (C=O) groups excluding carboxylic acids is 1. The number of aromatic nitrogens is 7. The fraction of sp³-hybridized carbons (Fsp3) is 0.364. The predicted molar refractivity (Wildman–Crippen MR) is 114 cm³/mol. The third-order valence-electron chi connectivity index (χ3n) is 5.60. The van der Waals surface area contributed by atoms with Crippen molar-refractivity contribution in [1.29, 1.82) is 0 Å². The van der Waals surface area contributed by atoms with Crippen LogP contribution in [0.5, 0.6) is 5.75 Å². The summed E-state index contributed by atoms with van der Waals surface area (Å²) >= 11 is 0. The Morgan fingerprint density at radius 1 is 1.26 bits per heavy atom. The highest BCUT2D eigenvalue weighted by Gasteiger charge is 2.29. The van der Waals surface area contributed by atoms with E-state index in [1.54, 1.807) is 14.2 Å². The van der Waals surface area contributed by atoms with Gasteiger partial charge < -0.3 is 4.74 Å². The maximum absolute atomic E-state index is 12.3. The minimum atomic E-state index is 0.213. The fourth-order valence-electron chi connectivity index (χ4n) is 3.86. The monoisotopic (exact) mass is 417 g/mol. The van der Waals surface area contributed by atoms with Crippen molar-refractivity contribution < 1.29 is 9.53 Å². The first-order valence-electron chi connectivity index (χ1n) is 10.4. The molecule has 0 saturated heterocycles. The second-order valence-corrected chi connectivity index (χ2v) is 7.78. The van der Waals surface area contributed by atoms with Gasteiger partial charge >= 0.3 is 0 Å². The molecule has 0 unspecified atom stereocenters. The SMILES string of the molecule is CCc1nn(-c2cccc(-c3nnn(C)n3)c2OC)c2cc(CC(=O)C3CC3)ncc12. The van der Waals surface area contributed by atoms with Crippen LogP contribution in [-0.4, -0.2) is 47.9 Å². The molecule has 1 saturated carbocycles. The number of rotatable bonds is 7. The minimum absolute atomic E-state index is 0.213. The van der Waals surface area contributed by atoms with E-state index in [-0.39, 0.29) is 11.7 Å². The van der Waals surface area contributed by atoms with Crippen molar-refractivity contribution in [2.45, 2.75) is 32.6 Å². The van der Waals surface area contributed by atoms with Gasteiger partial charge in [-0.25, -0.2) is 4.68 Å². The number of Topliss-reactive ketones (excluding diaryl/α,β-unsaturated/α-hetero) is 1. The second-order valence-electron chi connectivity index (χ2n) is 7.78. The first-order chi connectivity index (χ1) is 15.1. The number of ketones is 1. The summed E-state index contributed by atoms with van der Waals surface area (Å²) in [6.07, 6.45) is 4.94. The number of nitrogens with zero attached hydrogens (tertiary/aromatic N) is 7. The van der Waals surface area contributed by atoms with Crippen LogP contribution in [0.15, 0.2) is 30.5 Å². The number of ether oxygens (including phenoxy) is 1. The number of hydrogen-bond donors (Lipinski definition) is 0. The van der Waals surface area contributed by atoms with Gasteiger partial charge in [-0.1, -0.05) is 13.0 Å². The normalized spacial score (nSPS) is 13.6. The summed E-state index contributed by atoms with van der Waals surface area (Å²) in [7, 11) is 3.34. The standard InChI is InChI=1S/C22H23N7O2/c1-4-17-16-12-23-14(11-20(30)13-8-9-13)10-19(16)29(25-17)18-7-5-6-15(21(18)31-3)22-24-27-28(2)26-22/h5-7,10,12-13H,4,8-9,11H2,1-3H3. The van der Waals surface area contributed by atoms with Crippen LogP contribution in [-0.2, 0) is 24.7 Å². The number of fused-ring (bicyclic) bond motifs is 1. The molecule has 9 nitrogen and oxygen atoms in total. The quantitative estimate of drug-likeness (QED) is 0.456. The van der Waals surface area contributed by atoms with E-state index < -0.39 is 0 Å². The summed E-state index contributed by atoms with van der Waals surface area (Å²) in [5, 5.41) is 18.2. The van der Waals surface area contributed by atoms with E-state index in [4.69, 9.17) is 9.84 Å². The summed E-state index contributed by atoms with van der Waals surface area (Å²) in [6.45, 7) is 2.06. The smallest absolute Gasteiger partial charge is 0.208 e. The molecule has 1 fully saturated rings. The van der Waals surface area contributed by atoms with Gasteiger partial charge in [-0.15, -0.1) is 10.2 Å². The van der Waals surface area contributed by atoms with Gasteiger partial charge in [-0.05, 0) is 42.7 Å². The molecular formula is C22H23N7O2. The summed E-state index contributed by atoms with van der Waals surface area (Å²) in [6, 6.07) is 7.73. The molecule has 4 aromatic rings. The van der Waals surface area contributed by atoms with E-state index in [1.807, 2.05) is 35.1 Å². The highest BCUT2D eigenvalue weighted by Crippen LogP contribution is 2.36. The molecule has 0 spiro atoms. The number of aryl methyl sites for hydroxylation is 2. The Morgan fingerprint density at radius 2 is 2.10 bits per heavy atom. The lowest BCUT2D eigenvalue weighted by Gasteiger charge is -2.12. The Kier molecular flexibility index (Phi) is 4.72. The molecule has 1 aliphatic carbocycles. The third-order valence-corrected chi connectivity index (χ3v) is 5.60. The van der Waals surface area contributed by atoms with Crippen molar-refractivity contribution in [3.05, 3.63) is 41.9 Å². The van der Waals surface area contributed by atoms with Gasteiger partial charge in [0.2, 0.25) is 5.82 Å². The molecule has 0 aliphatic heterocycles. The molecule has 0 bridgehead atoms. The van der Waals surface area contributed by atoms with Gasteiger partial charge in [0.1, 0.15) is 11.5 Å². The van der Waals surface area contributed by atoms with Crippen molar-refractivity contribution in [2.24, 2.45) is 13.0 Å². The summed E-state index contributed by atoms with van der Waals surface area (Å²) in [4.78, 5) is 18.3. The van der Waals surface area contributed by atoms with E-state index in [1.165, 1.54) is 4.80 Å². The van der Waals surface area contributed by atoms with Crippen molar-refractivity contribution in [1.82, 2.24) is 35.0 Å². The second kappa shape index (κ2) is 7.57. The lowest BCUT2D eigenvalue weighted by atomic mass is 10.1. The van der Waals surface area contributed by atoms with E-state index >= 15 is 0 Å². The zero-order valence-corrected chi connectivity index (χ0v) is 17.7. The summed E-state index contributed by atoms with van der Waals surface area (Å²) in [5.41, 5.74) is 4.09. The van der Waals surface area contributed by atoms with Gasteiger partial charge in [-0.2, -0.15) is 9.90 Å². The summed E-state index contributed by atoms with van der Waals surface area (Å²) < 4.78 is 7.63. The average Bonchev–Trinajstić information content (AvgIpc) is 3.45. The highest BCUT2D eigenvalue weighted by molar-refractivity contribution is 5.88. The van der Waals surface area contributed by atoms with Crippen LogP contribution < -0.4 is 4.74 Å². The largest absolute Gasteiger partial charge is 0.494 e. The predicted octanol–water partition coefficient (Wildman–Crippen LogP) is 2.70. The first-order valence-corrected chi connectivity index (χ1v) is 10.4. The maximum Gasteiger partial charge on any atom is 0.208 e. The van der Waals surface area contributed by atoms with Crippen molar-refractivity contribution >= 4 is 16.7 Å². The van der Waals surface area contributed by atoms with Crippen molar-refractivity contribution in [3.8, 4) is 22.8 Å². The number of carbonyl (C=O) groups is 1. The average molecular weight is 417 g/mol. The van der Waals surface area contributed by atoms with Gasteiger partial charge in [0.05, 0.1) is 30.9 Å². The van der Waals surface area contributed by atoms with Crippen LogP contribution in [0.4, 0.5) is 0 Å². The minimum Gasteiger partial charge on any atom is -0.494 e. The Morgan fingerprint density at radius 3 is 2.77 bits per heavy atom. The fourth-order valence-corrected chi connectivity index (χ4v) is 3.86. The van der Waals surface area contributed by atoms with Gasteiger partial charge in [0.15, 0.2) is 5.75 Å². The van der Waals surface area contributed by atoms with Crippen LogP contribution in [0.25, 0.3) is 28.0 Å². The Balaban J connectivity index is 1.66. The number of benzene rings is 1. The number of tetrazole rings is 1. The Bertz CT molecular complexity index is 1290. The number of methoxy groups -OCH3 is 1. The molecule has 158 valence electrons. The van der Waals surface area contributed by atoms with E-state index in [0.29, 0.717) is 18.0 Å². The van der Waals surface area contributed by atoms with Crippen LogP contribution in [0.3, 0.4) is 0 Å². The van der Waals surface area contributed by atoms with Crippen LogP contribution in [0.1, 0.15) is 31.2 Å². The zero-order valence-electron chi connectivity index (χ0n) is 17.7. The molecule has 3 aromatic heterocycles. The molecule has 9 heteroatoms. The van der Waals surface area contributed by atoms with Crippen LogP contribution in [0.2, 0.25) is 0 Å². The van der Waals surface area contributed by atoms with Crippen LogP contribution >= 0.6 is 0 Å². The Labute approximate surface area is 179 Å². The maximum atomic E-state index is 12.3. The molecule has 3 heterocycles. The topological polar surface area (TPSA) is 101 Å². The molecule has 0 atom stereocenters. The van der Waals surface area contributed by atoms with Crippen molar-refractivity contribution in [2.75, 3.05) is 7.11 Å². The highest BCUT2D eigenvalue weighted by atomic mass is 16.5. The lowest BCUT2D eigenvalue weighted by molar-refractivity contribution is -0.119. The van der Waals surface area contributed by atoms with Gasteiger partial charge in [-0.3, -0.25) is 9.78 Å². The molecule has 0 amide bonds. The molecule has 1 aliphatic rings. The number of pyridine rings is 1. The molecule has 0 N–H and O–H groups in total. The van der Waals surface area contributed by atoms with E-state index in [2.05, 4.69) is 27.3 Å². The number of hydrogen-bond acceptors (Lipinski definition) is 7. The molecule has 31 heavy (non-hydrogen) atoms. The lowest BCUT2D eigenvalue weighted by Crippen LogP contribution is -2.07. The molecule has 5 rings (SSSR count). The van der Waals surface area contributed by atoms with Gasteiger partial charge in [0, 0.05) is 29.6 Å². The van der Waals surface area contributed by atoms with E-state index in [0.717, 1.165) is 52.8 Å². The van der Waals surface area contributed by atoms with Crippen LogP contribution in [0, 0.1) is 5.92 Å². The Hall–Kier alpha value is -3.62. The molecular weight excluding hydrogens is 394 g/mol. The molecule has 0 radical (unpaired) electrons. The van der Waals surface area contributed by atoms with E-state index in [9.17, 15) is 4.79 Å². The molecule has 1 aromatic carbocycles.